The number of amides is 1. The van der Waals surface area contributed by atoms with Gasteiger partial charge in [-0.15, -0.1) is 11.3 Å². The van der Waals surface area contributed by atoms with Crippen molar-refractivity contribution in [3.8, 4) is 0 Å². The Morgan fingerprint density at radius 2 is 1.86 bits per heavy atom. The average molecular weight is 563 g/mol. The van der Waals surface area contributed by atoms with Crippen molar-refractivity contribution >= 4 is 60.7 Å². The first-order valence-corrected chi connectivity index (χ1v) is 14.1. The highest BCUT2D eigenvalue weighted by molar-refractivity contribution is 7.93. The zero-order valence-corrected chi connectivity index (χ0v) is 22.5. The predicted octanol–water partition coefficient (Wildman–Crippen LogP) is 3.91. The maximum atomic E-state index is 13.1. The van der Waals surface area contributed by atoms with E-state index < -0.39 is 26.2 Å². The number of sulfonamides is 1. The summed E-state index contributed by atoms with van der Waals surface area (Å²) in [7, 11) is -7.42. The lowest BCUT2D eigenvalue weighted by Crippen LogP contribution is -2.26. The van der Waals surface area contributed by atoms with Gasteiger partial charge in [-0.2, -0.15) is 12.7 Å². The zero-order valence-electron chi connectivity index (χ0n) is 19.3. The largest absolute Gasteiger partial charge is 0.336 e. The van der Waals surface area contributed by atoms with Gasteiger partial charge in [0, 0.05) is 19.3 Å². The van der Waals surface area contributed by atoms with Gasteiger partial charge in [-0.25, -0.2) is 13.1 Å². The van der Waals surface area contributed by atoms with Gasteiger partial charge >= 0.3 is 10.3 Å². The molecule has 1 aromatic carbocycles. The van der Waals surface area contributed by atoms with Gasteiger partial charge < -0.3 is 9.84 Å². The normalized spacial score (nSPS) is 12.2. The fourth-order valence-corrected chi connectivity index (χ4v) is 6.19. The summed E-state index contributed by atoms with van der Waals surface area (Å²) in [6, 6.07) is 3.04. The van der Waals surface area contributed by atoms with Crippen LogP contribution in [0.15, 0.2) is 26.9 Å². The van der Waals surface area contributed by atoms with Crippen molar-refractivity contribution < 1.29 is 30.7 Å². The van der Waals surface area contributed by atoms with E-state index in [1.807, 2.05) is 0 Å². The highest BCUT2D eigenvalue weighted by atomic mass is 35.5. The summed E-state index contributed by atoms with van der Waals surface area (Å²) >= 11 is 6.92. The average Bonchev–Trinajstić information content (AvgIpc) is 3.36. The Morgan fingerprint density at radius 3 is 2.43 bits per heavy atom. The molecule has 0 fully saturated rings. The molecule has 0 atom stereocenters. The fourth-order valence-electron chi connectivity index (χ4n) is 3.41. The number of hydrogen-bond donors (Lipinski definition) is 3. The van der Waals surface area contributed by atoms with Crippen molar-refractivity contribution in [3.05, 3.63) is 55.4 Å². The molecule has 0 aliphatic heterocycles. The summed E-state index contributed by atoms with van der Waals surface area (Å²) in [6.07, 6.45) is 0. The molecule has 35 heavy (non-hydrogen) atoms. The van der Waals surface area contributed by atoms with Gasteiger partial charge in [-0.1, -0.05) is 22.8 Å². The number of carbonyl (C=O) groups excluding carboxylic acids is 1. The lowest BCUT2D eigenvalue weighted by atomic mass is 9.97. The van der Waals surface area contributed by atoms with Gasteiger partial charge in [-0.05, 0) is 61.4 Å². The first kappa shape index (κ1) is 27.1. The van der Waals surface area contributed by atoms with Gasteiger partial charge in [0.25, 0.3) is 21.8 Å². The molecule has 0 radical (unpaired) electrons. The van der Waals surface area contributed by atoms with Gasteiger partial charge in [0.15, 0.2) is 0 Å². The van der Waals surface area contributed by atoms with Crippen molar-refractivity contribution in [1.82, 2.24) is 9.46 Å². The Labute approximate surface area is 212 Å². The highest BCUT2D eigenvalue weighted by Crippen LogP contribution is 2.32. The number of anilines is 2. The van der Waals surface area contributed by atoms with Crippen LogP contribution in [0.5, 0.6) is 0 Å². The standard InChI is InChI=1S/C20H23ClN4O7S3/c1-10-8-11(2)17(12(3)14(10)9-25(5)35(29,30)31)22-19(26)18-15(6-7-33-18)34(27,28)24-20-16(21)13(4)23-32-20/h6-8,24H,9H2,1-5H3,(H,22,26)(H,29,30,31). The van der Waals surface area contributed by atoms with E-state index in [1.165, 1.54) is 18.5 Å². The van der Waals surface area contributed by atoms with Crippen molar-refractivity contribution in [2.24, 2.45) is 0 Å². The maximum Gasteiger partial charge on any atom is 0.335 e. The van der Waals surface area contributed by atoms with E-state index >= 15 is 0 Å². The number of thiophene rings is 1. The van der Waals surface area contributed by atoms with Crippen molar-refractivity contribution in [3.63, 3.8) is 0 Å². The third-order valence-electron chi connectivity index (χ3n) is 5.29. The summed E-state index contributed by atoms with van der Waals surface area (Å²) in [5.74, 6) is -0.941. The Kier molecular flexibility index (Phi) is 7.64. The third kappa shape index (κ3) is 5.68. The highest BCUT2D eigenvalue weighted by Gasteiger charge is 2.28. The number of benzene rings is 1. The Bertz CT molecular complexity index is 1510. The van der Waals surface area contributed by atoms with E-state index in [-0.39, 0.29) is 27.2 Å². The van der Waals surface area contributed by atoms with Crippen LogP contribution in [0, 0.1) is 27.7 Å². The number of nitrogens with zero attached hydrogens (tertiary/aromatic N) is 2. The van der Waals surface area contributed by atoms with Crippen LogP contribution in [-0.2, 0) is 26.9 Å². The first-order valence-electron chi connectivity index (χ1n) is 9.95. The monoisotopic (exact) mass is 562 g/mol. The molecule has 3 rings (SSSR count). The molecule has 2 aromatic heterocycles. The van der Waals surface area contributed by atoms with Crippen LogP contribution in [0.1, 0.15) is 37.6 Å². The summed E-state index contributed by atoms with van der Waals surface area (Å²) in [5, 5.41) is 7.80. The fraction of sp³-hybridized carbons (Fsp3) is 0.300. The van der Waals surface area contributed by atoms with E-state index in [0.29, 0.717) is 28.1 Å². The summed E-state index contributed by atoms with van der Waals surface area (Å²) in [5.41, 5.74) is 3.31. The molecule has 3 N–H and O–H groups in total. The van der Waals surface area contributed by atoms with Crippen LogP contribution in [0.3, 0.4) is 0 Å². The number of carbonyl (C=O) groups is 1. The van der Waals surface area contributed by atoms with E-state index in [4.69, 9.17) is 16.1 Å². The molecule has 0 aliphatic carbocycles. The van der Waals surface area contributed by atoms with Crippen molar-refractivity contribution in [2.45, 2.75) is 39.1 Å². The summed E-state index contributed by atoms with van der Waals surface area (Å²) in [6.45, 7) is 6.66. The van der Waals surface area contributed by atoms with E-state index in [0.717, 1.165) is 21.2 Å². The van der Waals surface area contributed by atoms with Crippen LogP contribution in [0.2, 0.25) is 5.02 Å². The predicted molar refractivity (Wildman–Crippen MR) is 133 cm³/mol. The molecule has 15 heteroatoms. The van der Waals surface area contributed by atoms with Gasteiger partial charge in [-0.3, -0.25) is 9.35 Å². The maximum absolute atomic E-state index is 13.1. The first-order chi connectivity index (χ1) is 16.1. The topological polar surface area (TPSA) is 159 Å². The number of halogens is 1. The lowest BCUT2D eigenvalue weighted by Gasteiger charge is -2.21. The molecule has 3 aromatic rings. The van der Waals surface area contributed by atoms with Gasteiger partial charge in [0.1, 0.15) is 20.5 Å². The number of rotatable bonds is 8. The minimum atomic E-state index is -4.41. The third-order valence-corrected chi connectivity index (χ3v) is 9.06. The molecular formula is C20H23ClN4O7S3. The van der Waals surface area contributed by atoms with Crippen LogP contribution >= 0.6 is 22.9 Å². The quantitative estimate of drug-likeness (QED) is 0.348. The Balaban J connectivity index is 1.94. The van der Waals surface area contributed by atoms with E-state index in [9.17, 15) is 26.2 Å². The smallest absolute Gasteiger partial charge is 0.335 e. The minimum absolute atomic E-state index is 0.00287. The number of aryl methyl sites for hydroxylation is 3. The summed E-state index contributed by atoms with van der Waals surface area (Å²) in [4.78, 5) is 12.8. The summed E-state index contributed by atoms with van der Waals surface area (Å²) < 4.78 is 66.0. The second-order valence-corrected chi connectivity index (χ2v) is 12.3. The second kappa shape index (κ2) is 9.87. The van der Waals surface area contributed by atoms with Crippen LogP contribution < -0.4 is 10.0 Å². The van der Waals surface area contributed by atoms with Crippen molar-refractivity contribution in [1.29, 1.82) is 0 Å². The molecule has 2 heterocycles. The zero-order chi connectivity index (χ0) is 26.3. The Morgan fingerprint density at radius 1 is 1.20 bits per heavy atom. The van der Waals surface area contributed by atoms with Crippen molar-refractivity contribution in [2.75, 3.05) is 17.1 Å². The Hall–Kier alpha value is -2.49. The number of nitrogens with one attached hydrogen (secondary N) is 2. The molecule has 1 amide bonds. The van der Waals surface area contributed by atoms with E-state index in [2.05, 4.69) is 15.2 Å². The number of aromatic nitrogens is 1. The second-order valence-electron chi connectivity index (χ2n) is 7.81. The minimum Gasteiger partial charge on any atom is -0.336 e. The molecule has 0 saturated heterocycles. The lowest BCUT2D eigenvalue weighted by molar-refractivity contribution is 0.102. The molecule has 0 saturated carbocycles. The molecule has 0 spiro atoms. The van der Waals surface area contributed by atoms with Crippen LogP contribution in [0.25, 0.3) is 0 Å². The van der Waals surface area contributed by atoms with Gasteiger partial charge in [0.05, 0.1) is 0 Å². The molecule has 0 unspecified atom stereocenters. The molecule has 0 aliphatic rings. The molecule has 11 nitrogen and oxygen atoms in total. The molecule has 190 valence electrons. The van der Waals surface area contributed by atoms with Crippen LogP contribution in [-0.4, -0.2) is 43.8 Å². The van der Waals surface area contributed by atoms with Crippen LogP contribution in [0.4, 0.5) is 11.6 Å². The molecule has 0 bridgehead atoms. The van der Waals surface area contributed by atoms with E-state index in [1.54, 1.807) is 33.8 Å². The number of hydrogen-bond acceptors (Lipinski definition) is 8. The SMILES string of the molecule is Cc1cc(C)c(NC(=O)c2sccc2S(=O)(=O)Nc2onc(C)c2Cl)c(C)c1CN(C)S(=O)(=O)O. The molecular weight excluding hydrogens is 540 g/mol. The van der Waals surface area contributed by atoms with Gasteiger partial charge in [0.2, 0.25) is 0 Å².